The number of hydrogen-bond donors (Lipinski definition) is 0. The molecule has 0 N–H and O–H groups in total. The van der Waals surface area contributed by atoms with Gasteiger partial charge in [0.1, 0.15) is 23.0 Å². The van der Waals surface area contributed by atoms with E-state index in [2.05, 4.69) is 76.2 Å². The summed E-state index contributed by atoms with van der Waals surface area (Å²) in [5, 5.41) is 0. The molecule has 0 amide bonds. The lowest BCUT2D eigenvalue weighted by Crippen LogP contribution is -2.18. The SMILES string of the molecule is Cc1ccc(Oc2ccc(C(C)(C)c3ccc(Oc4ccc(C)cc4)cc3)cc2)cc1. The third-order valence-electron chi connectivity index (χ3n) is 5.67. The predicted molar refractivity (Wildman–Crippen MR) is 128 cm³/mol. The first-order chi connectivity index (χ1) is 14.9. The van der Waals surface area contributed by atoms with E-state index in [1.165, 1.54) is 22.3 Å². The van der Waals surface area contributed by atoms with E-state index in [4.69, 9.17) is 9.47 Å². The molecule has 2 heteroatoms. The third kappa shape index (κ3) is 4.97. The minimum atomic E-state index is -0.134. The van der Waals surface area contributed by atoms with Crippen LogP contribution in [0.1, 0.15) is 36.1 Å². The quantitative estimate of drug-likeness (QED) is 0.320. The highest BCUT2D eigenvalue weighted by Gasteiger charge is 2.23. The van der Waals surface area contributed by atoms with Crippen molar-refractivity contribution in [3.05, 3.63) is 119 Å². The predicted octanol–water partition coefficient (Wildman–Crippen LogP) is 8.21. The molecule has 0 spiro atoms. The number of hydrogen-bond acceptors (Lipinski definition) is 2. The van der Waals surface area contributed by atoms with Crippen molar-refractivity contribution in [3.63, 3.8) is 0 Å². The summed E-state index contributed by atoms with van der Waals surface area (Å²) < 4.78 is 11.9. The molecule has 0 fully saturated rings. The highest BCUT2D eigenvalue weighted by atomic mass is 16.5. The van der Waals surface area contributed by atoms with Crippen LogP contribution in [-0.2, 0) is 5.41 Å². The minimum Gasteiger partial charge on any atom is -0.457 e. The van der Waals surface area contributed by atoms with Gasteiger partial charge in [0.25, 0.3) is 0 Å². The van der Waals surface area contributed by atoms with Gasteiger partial charge in [-0.25, -0.2) is 0 Å². The van der Waals surface area contributed by atoms with Crippen LogP contribution in [0.4, 0.5) is 0 Å². The Hall–Kier alpha value is -3.52. The number of aryl methyl sites for hydroxylation is 2. The molecule has 4 rings (SSSR count). The largest absolute Gasteiger partial charge is 0.457 e. The highest BCUT2D eigenvalue weighted by Crippen LogP contribution is 2.34. The zero-order valence-electron chi connectivity index (χ0n) is 18.6. The molecule has 0 aromatic heterocycles. The van der Waals surface area contributed by atoms with Gasteiger partial charge in [-0.1, -0.05) is 73.5 Å². The maximum atomic E-state index is 5.97. The molecule has 4 aromatic carbocycles. The standard InChI is InChI=1S/C29H28O2/c1-21-5-13-25(14-6-21)30-27-17-9-23(10-18-27)29(3,4)24-11-19-28(20-12-24)31-26-15-7-22(2)8-16-26/h5-20H,1-4H3. The number of ether oxygens (including phenoxy) is 2. The maximum Gasteiger partial charge on any atom is 0.127 e. The van der Waals surface area contributed by atoms with Gasteiger partial charge in [-0.15, -0.1) is 0 Å². The second-order valence-corrected chi connectivity index (χ2v) is 8.50. The van der Waals surface area contributed by atoms with Crippen molar-refractivity contribution in [1.29, 1.82) is 0 Å². The van der Waals surface area contributed by atoms with Crippen LogP contribution in [0.5, 0.6) is 23.0 Å². The maximum absolute atomic E-state index is 5.97. The molecule has 0 heterocycles. The van der Waals surface area contributed by atoms with Crippen LogP contribution in [0.2, 0.25) is 0 Å². The van der Waals surface area contributed by atoms with Crippen molar-refractivity contribution >= 4 is 0 Å². The molecule has 0 saturated carbocycles. The van der Waals surface area contributed by atoms with E-state index in [9.17, 15) is 0 Å². The lowest BCUT2D eigenvalue weighted by molar-refractivity contribution is 0.481. The van der Waals surface area contributed by atoms with E-state index in [-0.39, 0.29) is 5.41 Å². The first-order valence-corrected chi connectivity index (χ1v) is 10.6. The first kappa shape index (κ1) is 20.7. The smallest absolute Gasteiger partial charge is 0.127 e. The zero-order chi connectivity index (χ0) is 21.8. The Balaban J connectivity index is 1.46. The van der Waals surface area contributed by atoms with Crippen LogP contribution in [0, 0.1) is 13.8 Å². The molecule has 0 aliphatic heterocycles. The van der Waals surface area contributed by atoms with E-state index < -0.39 is 0 Å². The molecule has 4 aromatic rings. The molecule has 0 saturated heterocycles. The molecular weight excluding hydrogens is 380 g/mol. The summed E-state index contributed by atoms with van der Waals surface area (Å²) >= 11 is 0. The molecule has 156 valence electrons. The lowest BCUT2D eigenvalue weighted by atomic mass is 9.78. The van der Waals surface area contributed by atoms with Crippen molar-refractivity contribution in [1.82, 2.24) is 0 Å². The molecule has 0 radical (unpaired) electrons. The Bertz CT molecular complexity index is 1030. The summed E-state index contributed by atoms with van der Waals surface area (Å²) in [7, 11) is 0. The van der Waals surface area contributed by atoms with Crippen LogP contribution >= 0.6 is 0 Å². The molecule has 0 aliphatic rings. The summed E-state index contributed by atoms with van der Waals surface area (Å²) in [5.74, 6) is 3.37. The monoisotopic (exact) mass is 408 g/mol. The lowest BCUT2D eigenvalue weighted by Gasteiger charge is -2.26. The Morgan fingerprint density at radius 1 is 0.419 bits per heavy atom. The average molecular weight is 409 g/mol. The Labute approximate surface area is 185 Å². The van der Waals surface area contributed by atoms with Crippen molar-refractivity contribution in [2.45, 2.75) is 33.1 Å². The molecule has 0 aliphatic carbocycles. The number of benzene rings is 4. The van der Waals surface area contributed by atoms with Crippen LogP contribution in [-0.4, -0.2) is 0 Å². The van der Waals surface area contributed by atoms with Crippen LogP contribution < -0.4 is 9.47 Å². The van der Waals surface area contributed by atoms with Crippen molar-refractivity contribution < 1.29 is 9.47 Å². The fourth-order valence-electron chi connectivity index (χ4n) is 3.53. The summed E-state index contributed by atoms with van der Waals surface area (Å²) in [6, 6.07) is 32.9. The van der Waals surface area contributed by atoms with E-state index in [0.29, 0.717) is 0 Å². The molecule has 0 bridgehead atoms. The van der Waals surface area contributed by atoms with Gasteiger partial charge in [-0.05, 0) is 73.5 Å². The van der Waals surface area contributed by atoms with Gasteiger partial charge in [0.15, 0.2) is 0 Å². The molecular formula is C29H28O2. The van der Waals surface area contributed by atoms with E-state index in [1.807, 2.05) is 48.5 Å². The summed E-state index contributed by atoms with van der Waals surface area (Å²) in [4.78, 5) is 0. The van der Waals surface area contributed by atoms with Crippen molar-refractivity contribution in [2.75, 3.05) is 0 Å². The van der Waals surface area contributed by atoms with Gasteiger partial charge in [0, 0.05) is 5.41 Å². The molecule has 2 nitrogen and oxygen atoms in total. The van der Waals surface area contributed by atoms with Gasteiger partial charge in [-0.2, -0.15) is 0 Å². The third-order valence-corrected chi connectivity index (χ3v) is 5.67. The summed E-state index contributed by atoms with van der Waals surface area (Å²) in [6.07, 6.45) is 0. The van der Waals surface area contributed by atoms with Crippen LogP contribution in [0.3, 0.4) is 0 Å². The van der Waals surface area contributed by atoms with Gasteiger partial charge in [-0.3, -0.25) is 0 Å². The highest BCUT2D eigenvalue weighted by molar-refractivity contribution is 5.43. The Morgan fingerprint density at radius 2 is 0.677 bits per heavy atom. The molecule has 0 unspecified atom stereocenters. The zero-order valence-corrected chi connectivity index (χ0v) is 18.6. The summed E-state index contributed by atoms with van der Waals surface area (Å²) in [5.41, 5.74) is 4.77. The topological polar surface area (TPSA) is 18.5 Å². The summed E-state index contributed by atoms with van der Waals surface area (Å²) in [6.45, 7) is 8.61. The first-order valence-electron chi connectivity index (χ1n) is 10.6. The molecule has 0 atom stereocenters. The van der Waals surface area contributed by atoms with Gasteiger partial charge in [0.2, 0.25) is 0 Å². The van der Waals surface area contributed by atoms with E-state index in [1.54, 1.807) is 0 Å². The van der Waals surface area contributed by atoms with E-state index in [0.717, 1.165) is 23.0 Å². The fourth-order valence-corrected chi connectivity index (χ4v) is 3.53. The van der Waals surface area contributed by atoms with Gasteiger partial charge >= 0.3 is 0 Å². The second kappa shape index (κ2) is 8.69. The van der Waals surface area contributed by atoms with Gasteiger partial charge in [0.05, 0.1) is 0 Å². The fraction of sp³-hybridized carbons (Fsp3) is 0.172. The number of rotatable bonds is 6. The van der Waals surface area contributed by atoms with Crippen molar-refractivity contribution in [3.8, 4) is 23.0 Å². The average Bonchev–Trinajstić information content (AvgIpc) is 2.78. The van der Waals surface area contributed by atoms with Gasteiger partial charge < -0.3 is 9.47 Å². The van der Waals surface area contributed by atoms with Crippen LogP contribution in [0.25, 0.3) is 0 Å². The van der Waals surface area contributed by atoms with Crippen LogP contribution in [0.15, 0.2) is 97.1 Å². The Kier molecular flexibility index (Phi) is 5.81. The second-order valence-electron chi connectivity index (χ2n) is 8.50. The molecule has 31 heavy (non-hydrogen) atoms. The van der Waals surface area contributed by atoms with Crippen molar-refractivity contribution in [2.24, 2.45) is 0 Å². The Morgan fingerprint density at radius 3 is 0.968 bits per heavy atom. The normalized spacial score (nSPS) is 11.2. The van der Waals surface area contributed by atoms with E-state index >= 15 is 0 Å². The minimum absolute atomic E-state index is 0.134.